The number of hydrogen-bond donors (Lipinski definition) is 0. The zero-order valence-electron chi connectivity index (χ0n) is 25.8. The molecule has 0 aliphatic rings. The van der Waals surface area contributed by atoms with Gasteiger partial charge in [0, 0.05) is 24.8 Å². The topological polar surface area (TPSA) is 132 Å². The zero-order chi connectivity index (χ0) is 37.2. The molecule has 0 aliphatic carbocycles. The summed E-state index contributed by atoms with van der Waals surface area (Å²) in [6.45, 7) is 3.50. The second-order valence-corrected chi connectivity index (χ2v) is 11.4. The van der Waals surface area contributed by atoms with Crippen molar-refractivity contribution in [1.29, 1.82) is 0 Å². The Bertz CT molecular complexity index is 1070. The van der Waals surface area contributed by atoms with Crippen LogP contribution in [0.5, 0.6) is 0 Å². The maximum atomic E-state index is 14.1. The maximum Gasteiger partial charge on any atom is 0.422 e. The lowest BCUT2D eigenvalue weighted by molar-refractivity contribution is -0.205. The van der Waals surface area contributed by atoms with Gasteiger partial charge in [0.25, 0.3) is 0 Å². The van der Waals surface area contributed by atoms with E-state index in [9.17, 15) is 67.9 Å². The third-order valence-electron chi connectivity index (χ3n) is 5.72. The van der Waals surface area contributed by atoms with E-state index in [0.717, 1.165) is 27.7 Å². The summed E-state index contributed by atoms with van der Waals surface area (Å²) in [6, 6.07) is 0. The molecule has 0 fully saturated rings. The van der Waals surface area contributed by atoms with Crippen molar-refractivity contribution in [3.05, 3.63) is 12.2 Å². The van der Waals surface area contributed by atoms with Gasteiger partial charge in [0.05, 0.1) is 6.61 Å². The molecule has 0 unspecified atom stereocenters. The van der Waals surface area contributed by atoms with Crippen LogP contribution >= 0.6 is 0 Å². The molecule has 0 rings (SSSR count). The normalized spacial score (nSPS) is 13.1. The second-order valence-electron chi connectivity index (χ2n) is 11.4. The summed E-state index contributed by atoms with van der Waals surface area (Å²) in [7, 11) is 0. The smallest absolute Gasteiger partial charge is 0.422 e. The lowest BCUT2D eigenvalue weighted by Gasteiger charge is -2.31. The zero-order valence-corrected chi connectivity index (χ0v) is 25.8. The van der Waals surface area contributed by atoms with Crippen molar-refractivity contribution in [2.24, 2.45) is 5.92 Å². The fourth-order valence-corrected chi connectivity index (χ4v) is 3.14. The van der Waals surface area contributed by atoms with E-state index in [0.29, 0.717) is 0 Å². The number of ether oxygens (including phenoxy) is 5. The predicted molar refractivity (Wildman–Crippen MR) is 137 cm³/mol. The summed E-state index contributed by atoms with van der Waals surface area (Å²) in [5, 5.41) is 0. The Balaban J connectivity index is 5.68. The molecule has 47 heavy (non-hydrogen) atoms. The fraction of sp³-hybridized carbons (Fsp3) is 0.741. The SMILES string of the molecule is C=C(C)C(=O)OCCC(C(=O)OC(C)(C)CCC(F)(F)C(=O)OCC(F)(F)F)C(=O)OC(C)(C)CCC(F)(F)C(=O)OCC(F)(F)F. The van der Waals surface area contributed by atoms with Crippen LogP contribution in [0.2, 0.25) is 0 Å². The standard InChI is InChI=1S/C27H34F10O10/c1-15(2)17(38)43-12-7-16(18(39)46-22(3,4)8-10-24(28,29)20(41)44-13-26(32,33)34)19(40)47-23(5,6)9-11-25(30,31)21(42)45-14-27(35,36)37/h16H,1,7-14H2,2-6H3. The molecule has 20 heteroatoms. The van der Waals surface area contributed by atoms with Gasteiger partial charge >= 0.3 is 54.0 Å². The number of carbonyl (C=O) groups excluding carboxylic acids is 5. The monoisotopic (exact) mass is 708 g/mol. The Morgan fingerprint density at radius 1 is 0.596 bits per heavy atom. The van der Waals surface area contributed by atoms with Gasteiger partial charge in [-0.2, -0.15) is 43.9 Å². The Hall–Kier alpha value is -3.61. The molecule has 0 aliphatic heterocycles. The molecule has 0 radical (unpaired) electrons. The van der Waals surface area contributed by atoms with Crippen LogP contribution in [0.15, 0.2) is 12.2 Å². The Labute approximate surface area is 262 Å². The first-order chi connectivity index (χ1) is 20.9. The Morgan fingerprint density at radius 2 is 0.936 bits per heavy atom. The molecule has 10 nitrogen and oxygen atoms in total. The molecule has 0 saturated heterocycles. The minimum absolute atomic E-state index is 0.0849. The summed E-state index contributed by atoms with van der Waals surface area (Å²) < 4.78 is 152. The van der Waals surface area contributed by atoms with Gasteiger partial charge in [0.1, 0.15) is 11.2 Å². The molecule has 0 heterocycles. The van der Waals surface area contributed by atoms with Crippen LogP contribution in [0.1, 0.15) is 66.7 Å². The number of carbonyl (C=O) groups is 5. The Morgan fingerprint density at radius 3 is 1.23 bits per heavy atom. The van der Waals surface area contributed by atoms with Crippen LogP contribution in [-0.2, 0) is 47.7 Å². The summed E-state index contributed by atoms with van der Waals surface area (Å²) in [6.07, 6.45) is -15.5. The number of alkyl halides is 10. The van der Waals surface area contributed by atoms with Crippen LogP contribution in [0, 0.1) is 5.92 Å². The van der Waals surface area contributed by atoms with Crippen molar-refractivity contribution in [3.8, 4) is 0 Å². The molecular formula is C27H34F10O10. The molecule has 0 aromatic heterocycles. The van der Waals surface area contributed by atoms with Crippen LogP contribution in [-0.4, -0.2) is 85.1 Å². The average molecular weight is 709 g/mol. The van der Waals surface area contributed by atoms with Crippen molar-refractivity contribution in [1.82, 2.24) is 0 Å². The molecule has 0 aromatic carbocycles. The van der Waals surface area contributed by atoms with E-state index in [4.69, 9.17) is 14.2 Å². The molecule has 0 atom stereocenters. The maximum absolute atomic E-state index is 14.1. The first-order valence-corrected chi connectivity index (χ1v) is 13.4. The highest BCUT2D eigenvalue weighted by Gasteiger charge is 2.47. The van der Waals surface area contributed by atoms with Gasteiger partial charge in [-0.1, -0.05) is 6.58 Å². The van der Waals surface area contributed by atoms with Gasteiger partial charge in [-0.3, -0.25) is 9.59 Å². The van der Waals surface area contributed by atoms with Crippen LogP contribution < -0.4 is 0 Å². The van der Waals surface area contributed by atoms with E-state index in [-0.39, 0.29) is 5.57 Å². The number of halogens is 10. The molecule has 0 bridgehead atoms. The van der Waals surface area contributed by atoms with Crippen molar-refractivity contribution >= 4 is 29.8 Å². The first kappa shape index (κ1) is 43.4. The number of rotatable bonds is 18. The van der Waals surface area contributed by atoms with Crippen molar-refractivity contribution in [3.63, 3.8) is 0 Å². The van der Waals surface area contributed by atoms with Gasteiger partial charge in [-0.05, 0) is 47.5 Å². The van der Waals surface area contributed by atoms with Gasteiger partial charge in [0.15, 0.2) is 19.1 Å². The fourth-order valence-electron chi connectivity index (χ4n) is 3.14. The van der Waals surface area contributed by atoms with Crippen LogP contribution in [0.25, 0.3) is 0 Å². The molecule has 0 amide bonds. The average Bonchev–Trinajstić information content (AvgIpc) is 2.88. The molecule has 0 spiro atoms. The second kappa shape index (κ2) is 16.5. The third kappa shape index (κ3) is 17.8. The highest BCUT2D eigenvalue weighted by Crippen LogP contribution is 2.32. The lowest BCUT2D eigenvalue weighted by Crippen LogP contribution is -2.41. The van der Waals surface area contributed by atoms with E-state index < -0.39 is 123 Å². The summed E-state index contributed by atoms with van der Waals surface area (Å²) in [5.41, 5.74) is -3.93. The van der Waals surface area contributed by atoms with E-state index in [1.807, 2.05) is 0 Å². The first-order valence-electron chi connectivity index (χ1n) is 13.4. The highest BCUT2D eigenvalue weighted by molar-refractivity contribution is 5.95. The molecule has 272 valence electrons. The minimum atomic E-state index is -5.08. The van der Waals surface area contributed by atoms with Gasteiger partial charge in [-0.25, -0.2) is 14.4 Å². The third-order valence-corrected chi connectivity index (χ3v) is 5.72. The lowest BCUT2D eigenvalue weighted by atomic mass is 9.97. The number of hydrogen-bond acceptors (Lipinski definition) is 10. The number of esters is 5. The summed E-state index contributed by atoms with van der Waals surface area (Å²) >= 11 is 0. The van der Waals surface area contributed by atoms with E-state index in [1.165, 1.54) is 6.92 Å². The van der Waals surface area contributed by atoms with Crippen molar-refractivity contribution in [2.75, 3.05) is 19.8 Å². The summed E-state index contributed by atoms with van der Waals surface area (Å²) in [5.74, 6) is -19.8. The Kier molecular flexibility index (Phi) is 15.2. The molecule has 0 N–H and O–H groups in total. The van der Waals surface area contributed by atoms with Crippen molar-refractivity contribution in [2.45, 2.75) is 102 Å². The van der Waals surface area contributed by atoms with E-state index in [1.54, 1.807) is 0 Å². The van der Waals surface area contributed by atoms with Crippen molar-refractivity contribution < 1.29 is 91.6 Å². The van der Waals surface area contributed by atoms with Gasteiger partial charge < -0.3 is 23.7 Å². The van der Waals surface area contributed by atoms with E-state index in [2.05, 4.69) is 16.1 Å². The van der Waals surface area contributed by atoms with Gasteiger partial charge in [-0.15, -0.1) is 0 Å². The highest BCUT2D eigenvalue weighted by atomic mass is 19.4. The quantitative estimate of drug-likeness (QED) is 0.0566. The molecule has 0 saturated carbocycles. The molecular weight excluding hydrogens is 674 g/mol. The minimum Gasteiger partial charge on any atom is -0.462 e. The predicted octanol–water partition coefficient (Wildman–Crippen LogP) is 5.80. The van der Waals surface area contributed by atoms with Crippen LogP contribution in [0.4, 0.5) is 43.9 Å². The largest absolute Gasteiger partial charge is 0.462 e. The summed E-state index contributed by atoms with van der Waals surface area (Å²) in [4.78, 5) is 60.5. The van der Waals surface area contributed by atoms with E-state index >= 15 is 0 Å². The molecule has 0 aromatic rings. The van der Waals surface area contributed by atoms with Gasteiger partial charge in [0.2, 0.25) is 0 Å². The van der Waals surface area contributed by atoms with Crippen LogP contribution in [0.3, 0.4) is 0 Å².